The Bertz CT molecular complexity index is 709. The Labute approximate surface area is 124 Å². The Hall–Kier alpha value is -2.36. The topological polar surface area (TPSA) is 61.2 Å². The number of hydrogen-bond donors (Lipinski definition) is 1. The number of nitrogens with zero attached hydrogens (tertiary/aromatic N) is 3. The predicted octanol–water partition coefficient (Wildman–Crippen LogP) is 2.97. The second-order valence-corrected chi connectivity index (χ2v) is 5.00. The van der Waals surface area contributed by atoms with Crippen molar-refractivity contribution in [2.45, 2.75) is 0 Å². The monoisotopic (exact) mass is 328 g/mol. The first-order valence-corrected chi connectivity index (χ1v) is 6.61. The van der Waals surface area contributed by atoms with Crippen LogP contribution in [-0.2, 0) is 4.84 Å². The van der Waals surface area contributed by atoms with Gasteiger partial charge in [-0.05, 0) is 30.3 Å². The first-order chi connectivity index (χ1) is 9.76. The minimum Gasteiger partial charge on any atom is -0.386 e. The molecule has 1 aromatic carbocycles. The molecule has 20 heavy (non-hydrogen) atoms. The highest BCUT2D eigenvalue weighted by Gasteiger charge is 2.18. The number of anilines is 1. The maximum atomic E-state index is 8.99. The van der Waals surface area contributed by atoms with Crippen molar-refractivity contribution in [2.75, 3.05) is 5.01 Å². The molecule has 1 aliphatic rings. The summed E-state index contributed by atoms with van der Waals surface area (Å²) >= 11 is 3.38. The number of nitriles is 1. The molecule has 0 spiro atoms. The largest absolute Gasteiger partial charge is 0.386 e. The quantitative estimate of drug-likeness (QED) is 0.918. The van der Waals surface area contributed by atoms with E-state index in [0.29, 0.717) is 11.3 Å². The van der Waals surface area contributed by atoms with E-state index in [0.717, 1.165) is 15.9 Å². The van der Waals surface area contributed by atoms with Crippen LogP contribution in [0.3, 0.4) is 0 Å². The van der Waals surface area contributed by atoms with E-state index in [-0.39, 0.29) is 0 Å². The maximum Gasteiger partial charge on any atom is 0.174 e. The van der Waals surface area contributed by atoms with Crippen LogP contribution in [0.15, 0.2) is 53.3 Å². The zero-order valence-electron chi connectivity index (χ0n) is 10.2. The van der Waals surface area contributed by atoms with Gasteiger partial charge in [-0.25, -0.2) is 9.99 Å². The average molecular weight is 329 g/mol. The molecular formula is C14H9BrN4O. The molecule has 0 bridgehead atoms. The summed E-state index contributed by atoms with van der Waals surface area (Å²) in [6, 6.07) is 13.1. The third-order valence-corrected chi connectivity index (χ3v) is 3.17. The zero-order chi connectivity index (χ0) is 13.9. The van der Waals surface area contributed by atoms with Crippen molar-refractivity contribution in [2.24, 2.45) is 0 Å². The number of rotatable bonds is 2. The minimum absolute atomic E-state index is 0.565. The lowest BCUT2D eigenvalue weighted by atomic mass is 10.1. The minimum atomic E-state index is 0.565. The normalized spacial score (nSPS) is 13.6. The standard InChI is InChI=1S/C14H9BrN4O/c15-12-6-10(8-16)5-11(7-12)13-9-19(18-20-13)14-3-1-2-4-17-14/h1-7,9,18H. The average Bonchev–Trinajstić information content (AvgIpc) is 2.97. The van der Waals surface area contributed by atoms with Crippen LogP contribution in [-0.4, -0.2) is 4.98 Å². The summed E-state index contributed by atoms with van der Waals surface area (Å²) in [5.41, 5.74) is 4.13. The second kappa shape index (κ2) is 5.33. The fraction of sp³-hybridized carbons (Fsp3) is 0. The Morgan fingerprint density at radius 3 is 2.95 bits per heavy atom. The van der Waals surface area contributed by atoms with E-state index in [1.54, 1.807) is 29.5 Å². The summed E-state index contributed by atoms with van der Waals surface area (Å²) in [7, 11) is 0. The van der Waals surface area contributed by atoms with Crippen molar-refractivity contribution in [3.8, 4) is 6.07 Å². The van der Waals surface area contributed by atoms with Crippen LogP contribution in [0.2, 0.25) is 0 Å². The third-order valence-electron chi connectivity index (χ3n) is 2.71. The van der Waals surface area contributed by atoms with Gasteiger partial charge in [0.15, 0.2) is 5.76 Å². The summed E-state index contributed by atoms with van der Waals surface area (Å²) in [5, 5.41) is 10.7. The number of nitrogens with one attached hydrogen (secondary N) is 1. The van der Waals surface area contributed by atoms with Gasteiger partial charge in [-0.3, -0.25) is 0 Å². The van der Waals surface area contributed by atoms with Gasteiger partial charge in [0.1, 0.15) is 5.82 Å². The van der Waals surface area contributed by atoms with Crippen molar-refractivity contribution in [3.63, 3.8) is 0 Å². The van der Waals surface area contributed by atoms with Crippen molar-refractivity contribution in [1.29, 1.82) is 5.26 Å². The van der Waals surface area contributed by atoms with E-state index in [1.165, 1.54) is 0 Å². The van der Waals surface area contributed by atoms with Crippen molar-refractivity contribution < 1.29 is 4.84 Å². The molecule has 0 saturated heterocycles. The summed E-state index contributed by atoms with van der Waals surface area (Å²) < 4.78 is 0.826. The predicted molar refractivity (Wildman–Crippen MR) is 77.8 cm³/mol. The molecule has 2 aromatic rings. The molecule has 6 heteroatoms. The summed E-state index contributed by atoms with van der Waals surface area (Å²) in [5.74, 6) is 1.34. The molecule has 0 amide bonds. The molecule has 0 atom stereocenters. The lowest BCUT2D eigenvalue weighted by Crippen LogP contribution is -2.27. The van der Waals surface area contributed by atoms with Crippen LogP contribution in [0.4, 0.5) is 5.82 Å². The van der Waals surface area contributed by atoms with E-state index in [9.17, 15) is 0 Å². The van der Waals surface area contributed by atoms with Crippen LogP contribution in [0.25, 0.3) is 5.76 Å². The SMILES string of the molecule is N#Cc1cc(Br)cc(C2=CN(c3ccccn3)NO2)c1. The number of hydrogen-bond acceptors (Lipinski definition) is 5. The van der Waals surface area contributed by atoms with Crippen LogP contribution in [0.5, 0.6) is 0 Å². The van der Waals surface area contributed by atoms with Crippen molar-refractivity contribution >= 4 is 27.5 Å². The van der Waals surface area contributed by atoms with Crippen molar-refractivity contribution in [1.82, 2.24) is 10.6 Å². The van der Waals surface area contributed by atoms with Gasteiger partial charge in [0.2, 0.25) is 0 Å². The lowest BCUT2D eigenvalue weighted by molar-refractivity contribution is 0.179. The molecule has 0 unspecified atom stereocenters. The molecule has 3 rings (SSSR count). The molecule has 0 aliphatic carbocycles. The van der Waals surface area contributed by atoms with Gasteiger partial charge >= 0.3 is 0 Å². The van der Waals surface area contributed by atoms with Gasteiger partial charge in [0, 0.05) is 16.2 Å². The highest BCUT2D eigenvalue weighted by atomic mass is 79.9. The number of pyridine rings is 1. The first-order valence-electron chi connectivity index (χ1n) is 5.82. The maximum absolute atomic E-state index is 8.99. The number of benzene rings is 1. The second-order valence-electron chi connectivity index (χ2n) is 4.09. The Morgan fingerprint density at radius 1 is 1.30 bits per heavy atom. The molecule has 1 aliphatic heterocycles. The van der Waals surface area contributed by atoms with Gasteiger partial charge in [0.05, 0.1) is 17.8 Å². The fourth-order valence-corrected chi connectivity index (χ4v) is 2.30. The molecule has 5 nitrogen and oxygen atoms in total. The van der Waals surface area contributed by atoms with Crippen LogP contribution in [0.1, 0.15) is 11.1 Å². The van der Waals surface area contributed by atoms with Crippen LogP contribution in [0, 0.1) is 11.3 Å². The van der Waals surface area contributed by atoms with E-state index in [4.69, 9.17) is 10.1 Å². The summed E-state index contributed by atoms with van der Waals surface area (Å²) in [6.07, 6.45) is 3.49. The van der Waals surface area contributed by atoms with Gasteiger partial charge in [-0.2, -0.15) is 5.26 Å². The zero-order valence-corrected chi connectivity index (χ0v) is 11.8. The van der Waals surface area contributed by atoms with E-state index in [2.05, 4.69) is 32.6 Å². The third kappa shape index (κ3) is 2.50. The van der Waals surface area contributed by atoms with Gasteiger partial charge < -0.3 is 4.84 Å². The highest BCUT2D eigenvalue weighted by molar-refractivity contribution is 9.10. The molecule has 0 saturated carbocycles. The first kappa shape index (κ1) is 12.7. The fourth-order valence-electron chi connectivity index (χ4n) is 1.81. The van der Waals surface area contributed by atoms with Gasteiger partial charge in [0.25, 0.3) is 0 Å². The Balaban J connectivity index is 1.93. The molecule has 98 valence electrons. The van der Waals surface area contributed by atoms with Gasteiger partial charge in [-0.1, -0.05) is 27.6 Å². The van der Waals surface area contributed by atoms with E-state index < -0.39 is 0 Å². The Morgan fingerprint density at radius 2 is 2.20 bits per heavy atom. The highest BCUT2D eigenvalue weighted by Crippen LogP contribution is 2.26. The van der Waals surface area contributed by atoms with Gasteiger partial charge in [-0.15, -0.1) is 0 Å². The van der Waals surface area contributed by atoms with Crippen LogP contribution < -0.4 is 10.6 Å². The number of aromatic nitrogens is 1. The number of halogens is 1. The molecule has 0 radical (unpaired) electrons. The molecule has 1 aromatic heterocycles. The lowest BCUT2D eigenvalue weighted by Gasteiger charge is -2.11. The van der Waals surface area contributed by atoms with E-state index in [1.807, 2.05) is 24.3 Å². The van der Waals surface area contributed by atoms with Crippen LogP contribution >= 0.6 is 15.9 Å². The molecule has 0 fully saturated rings. The summed E-state index contributed by atoms with van der Waals surface area (Å²) in [4.78, 5) is 9.64. The molecule has 2 heterocycles. The summed E-state index contributed by atoms with van der Waals surface area (Å²) in [6.45, 7) is 0. The smallest absolute Gasteiger partial charge is 0.174 e. The number of hydrazine groups is 1. The molecule has 1 N–H and O–H groups in total. The molecular weight excluding hydrogens is 320 g/mol. The van der Waals surface area contributed by atoms with E-state index >= 15 is 0 Å². The van der Waals surface area contributed by atoms with Crippen molar-refractivity contribution in [3.05, 3.63) is 64.4 Å². The Kier molecular flexibility index (Phi) is 3.37.